The van der Waals surface area contributed by atoms with Gasteiger partial charge in [0.25, 0.3) is 0 Å². The van der Waals surface area contributed by atoms with Crippen LogP contribution in [0.1, 0.15) is 32.3 Å². The molecule has 1 aromatic rings. The fraction of sp³-hybridized carbons (Fsp3) is 0.615. The van der Waals surface area contributed by atoms with E-state index in [0.29, 0.717) is 12.0 Å². The van der Waals surface area contributed by atoms with Crippen LogP contribution in [0.15, 0.2) is 18.5 Å². The number of anilines is 1. The number of nitrogens with zero attached hydrogens (tertiary/aromatic N) is 2. The van der Waals surface area contributed by atoms with E-state index in [2.05, 4.69) is 42.0 Å². The topological polar surface area (TPSA) is 28.2 Å². The molecule has 3 nitrogen and oxygen atoms in total. The molecule has 16 heavy (non-hydrogen) atoms. The summed E-state index contributed by atoms with van der Waals surface area (Å²) < 4.78 is 0. The van der Waals surface area contributed by atoms with Gasteiger partial charge in [0, 0.05) is 31.9 Å². The highest BCUT2D eigenvalue weighted by atomic mass is 15.2. The lowest BCUT2D eigenvalue weighted by Crippen LogP contribution is -2.50. The minimum Gasteiger partial charge on any atom is -0.365 e. The monoisotopic (exact) mass is 219 g/mol. The summed E-state index contributed by atoms with van der Waals surface area (Å²) in [5.41, 5.74) is 2.59. The van der Waals surface area contributed by atoms with Gasteiger partial charge in [-0.05, 0) is 24.5 Å². The van der Waals surface area contributed by atoms with Crippen molar-refractivity contribution in [3.63, 3.8) is 0 Å². The summed E-state index contributed by atoms with van der Waals surface area (Å²) in [6, 6.07) is 2.83. The van der Waals surface area contributed by atoms with Crippen molar-refractivity contribution in [3.05, 3.63) is 24.0 Å². The van der Waals surface area contributed by atoms with Crippen molar-refractivity contribution in [2.24, 2.45) is 0 Å². The van der Waals surface area contributed by atoms with Gasteiger partial charge in [-0.15, -0.1) is 0 Å². The third-order valence-electron chi connectivity index (χ3n) is 3.24. The number of pyridine rings is 1. The fourth-order valence-electron chi connectivity index (χ4n) is 2.14. The lowest BCUT2D eigenvalue weighted by molar-refractivity contribution is 0.500. The van der Waals surface area contributed by atoms with Gasteiger partial charge in [0.15, 0.2) is 0 Å². The van der Waals surface area contributed by atoms with Crippen molar-refractivity contribution in [2.45, 2.75) is 32.7 Å². The zero-order valence-electron chi connectivity index (χ0n) is 10.4. The highest BCUT2D eigenvalue weighted by Crippen LogP contribution is 2.22. The molecular formula is C13H21N3. The quantitative estimate of drug-likeness (QED) is 0.824. The van der Waals surface area contributed by atoms with Gasteiger partial charge >= 0.3 is 0 Å². The summed E-state index contributed by atoms with van der Waals surface area (Å²) >= 11 is 0. The summed E-state index contributed by atoms with van der Waals surface area (Å²) in [5.74, 6) is 0.547. The first kappa shape index (κ1) is 11.4. The summed E-state index contributed by atoms with van der Waals surface area (Å²) in [6.07, 6.45) is 3.95. The second kappa shape index (κ2) is 4.83. The Bertz CT molecular complexity index is 349. The third-order valence-corrected chi connectivity index (χ3v) is 3.24. The van der Waals surface area contributed by atoms with Crippen molar-refractivity contribution < 1.29 is 0 Å². The molecule has 0 unspecified atom stereocenters. The first-order valence-electron chi connectivity index (χ1n) is 6.11. The van der Waals surface area contributed by atoms with Crippen LogP contribution in [0.4, 0.5) is 5.69 Å². The van der Waals surface area contributed by atoms with Crippen LogP contribution < -0.4 is 10.2 Å². The Labute approximate surface area is 97.9 Å². The maximum absolute atomic E-state index is 4.35. The number of piperazine rings is 1. The Morgan fingerprint density at radius 2 is 2.25 bits per heavy atom. The molecule has 1 aromatic heterocycles. The molecular weight excluding hydrogens is 198 g/mol. The minimum atomic E-state index is 0.547. The zero-order chi connectivity index (χ0) is 11.5. The molecule has 88 valence electrons. The van der Waals surface area contributed by atoms with Crippen LogP contribution in [0.25, 0.3) is 0 Å². The summed E-state index contributed by atoms with van der Waals surface area (Å²) in [4.78, 5) is 6.79. The Balaban J connectivity index is 2.21. The molecule has 0 saturated carbocycles. The molecule has 1 atom stereocenters. The molecule has 0 radical (unpaired) electrons. The molecule has 0 spiro atoms. The highest BCUT2D eigenvalue weighted by molar-refractivity contribution is 5.48. The molecule has 0 bridgehead atoms. The Kier molecular flexibility index (Phi) is 3.44. The van der Waals surface area contributed by atoms with E-state index < -0.39 is 0 Å². The average Bonchev–Trinajstić information content (AvgIpc) is 2.30. The summed E-state index contributed by atoms with van der Waals surface area (Å²) in [5, 5.41) is 3.41. The lowest BCUT2D eigenvalue weighted by atomic mass is 10.0. The Hall–Kier alpha value is -1.09. The van der Waals surface area contributed by atoms with Gasteiger partial charge < -0.3 is 10.2 Å². The third kappa shape index (κ3) is 2.35. The van der Waals surface area contributed by atoms with Crippen LogP contribution in [0.5, 0.6) is 0 Å². The van der Waals surface area contributed by atoms with E-state index in [0.717, 1.165) is 19.6 Å². The predicted molar refractivity (Wildman–Crippen MR) is 68.0 cm³/mol. The van der Waals surface area contributed by atoms with Crippen molar-refractivity contribution >= 4 is 5.69 Å². The largest absolute Gasteiger partial charge is 0.365 e. The number of hydrogen-bond donors (Lipinski definition) is 1. The van der Waals surface area contributed by atoms with Gasteiger partial charge in [0.1, 0.15) is 0 Å². The maximum Gasteiger partial charge on any atom is 0.0558 e. The van der Waals surface area contributed by atoms with Crippen LogP contribution in [-0.4, -0.2) is 30.7 Å². The molecule has 1 fully saturated rings. The summed E-state index contributed by atoms with van der Waals surface area (Å²) in [6.45, 7) is 9.88. The fourth-order valence-corrected chi connectivity index (χ4v) is 2.14. The average molecular weight is 219 g/mol. The molecule has 1 aliphatic rings. The van der Waals surface area contributed by atoms with E-state index in [-0.39, 0.29) is 0 Å². The van der Waals surface area contributed by atoms with Crippen LogP contribution in [0.3, 0.4) is 0 Å². The number of nitrogens with one attached hydrogen (secondary N) is 1. The van der Waals surface area contributed by atoms with Crippen LogP contribution in [-0.2, 0) is 0 Å². The molecule has 0 aliphatic carbocycles. The standard InChI is InChI=1S/C13H21N3/c1-10(2)12-6-13(9-15-8-12)16-5-4-14-7-11(16)3/h6,8-11,14H,4-5,7H2,1-3H3/t11-/m0/s1. The number of rotatable bonds is 2. The van der Waals surface area contributed by atoms with Crippen molar-refractivity contribution in [1.29, 1.82) is 0 Å². The van der Waals surface area contributed by atoms with E-state index in [1.165, 1.54) is 11.3 Å². The van der Waals surface area contributed by atoms with E-state index in [1.54, 1.807) is 0 Å². The van der Waals surface area contributed by atoms with Crippen molar-refractivity contribution in [2.75, 3.05) is 24.5 Å². The van der Waals surface area contributed by atoms with E-state index in [9.17, 15) is 0 Å². The first-order chi connectivity index (χ1) is 7.68. The van der Waals surface area contributed by atoms with Crippen LogP contribution in [0, 0.1) is 0 Å². The molecule has 1 saturated heterocycles. The molecule has 3 heteroatoms. The minimum absolute atomic E-state index is 0.547. The van der Waals surface area contributed by atoms with Crippen molar-refractivity contribution in [1.82, 2.24) is 10.3 Å². The first-order valence-corrected chi connectivity index (χ1v) is 6.11. The van der Waals surface area contributed by atoms with Crippen LogP contribution in [0.2, 0.25) is 0 Å². The van der Waals surface area contributed by atoms with Crippen LogP contribution >= 0.6 is 0 Å². The van der Waals surface area contributed by atoms with E-state index in [4.69, 9.17) is 0 Å². The molecule has 1 N–H and O–H groups in total. The smallest absolute Gasteiger partial charge is 0.0558 e. The molecule has 1 aliphatic heterocycles. The van der Waals surface area contributed by atoms with Gasteiger partial charge in [-0.1, -0.05) is 13.8 Å². The zero-order valence-corrected chi connectivity index (χ0v) is 10.4. The summed E-state index contributed by atoms with van der Waals surface area (Å²) in [7, 11) is 0. The molecule has 0 aromatic carbocycles. The molecule has 0 amide bonds. The lowest BCUT2D eigenvalue weighted by Gasteiger charge is -2.35. The van der Waals surface area contributed by atoms with Gasteiger partial charge in [0.2, 0.25) is 0 Å². The number of hydrogen-bond acceptors (Lipinski definition) is 3. The maximum atomic E-state index is 4.35. The van der Waals surface area contributed by atoms with Crippen molar-refractivity contribution in [3.8, 4) is 0 Å². The van der Waals surface area contributed by atoms with Gasteiger partial charge in [-0.2, -0.15) is 0 Å². The van der Waals surface area contributed by atoms with Gasteiger partial charge in [-0.25, -0.2) is 0 Å². The molecule has 2 rings (SSSR count). The number of aromatic nitrogens is 1. The van der Waals surface area contributed by atoms with E-state index >= 15 is 0 Å². The van der Waals surface area contributed by atoms with Gasteiger partial charge in [-0.3, -0.25) is 4.98 Å². The SMILES string of the molecule is CC(C)c1cncc(N2CCNC[C@@H]2C)c1. The predicted octanol–water partition coefficient (Wildman–Crippen LogP) is 2.00. The normalized spacial score (nSPS) is 21.5. The Morgan fingerprint density at radius 1 is 1.44 bits per heavy atom. The second-order valence-corrected chi connectivity index (χ2v) is 4.88. The van der Waals surface area contributed by atoms with E-state index in [1.807, 2.05) is 12.4 Å². The van der Waals surface area contributed by atoms with Gasteiger partial charge in [0.05, 0.1) is 11.9 Å². The Morgan fingerprint density at radius 3 is 2.94 bits per heavy atom. The molecule has 2 heterocycles. The highest BCUT2D eigenvalue weighted by Gasteiger charge is 2.18. The second-order valence-electron chi connectivity index (χ2n) is 4.88.